The monoisotopic (exact) mass is 590 g/mol. The molecule has 0 radical (unpaired) electrons. The van der Waals surface area contributed by atoms with Crippen LogP contribution in [0.2, 0.25) is 0 Å². The molecule has 0 amide bonds. The molecule has 0 saturated heterocycles. The van der Waals surface area contributed by atoms with Crippen molar-refractivity contribution >= 4 is 65.8 Å². The van der Waals surface area contributed by atoms with Gasteiger partial charge in [0.05, 0.1) is 21.9 Å². The van der Waals surface area contributed by atoms with Gasteiger partial charge in [0, 0.05) is 27.3 Å². The second kappa shape index (κ2) is 9.51. The first kappa shape index (κ1) is 24.9. The molecule has 0 N–H and O–H groups in total. The number of hydrogen-bond acceptors (Lipinski definition) is 6. The Hall–Kier alpha value is -6.47. The van der Waals surface area contributed by atoms with Crippen molar-refractivity contribution in [3.63, 3.8) is 0 Å². The Morgan fingerprint density at radius 2 is 1.00 bits per heavy atom. The van der Waals surface area contributed by atoms with Crippen LogP contribution in [0.5, 0.6) is 0 Å². The first-order valence-electron chi connectivity index (χ1n) is 15.1. The van der Waals surface area contributed by atoms with Crippen LogP contribution in [-0.2, 0) is 0 Å². The van der Waals surface area contributed by atoms with Crippen molar-refractivity contribution in [1.82, 2.24) is 29.5 Å². The van der Waals surface area contributed by atoms with Crippen molar-refractivity contribution < 1.29 is 4.42 Å². The van der Waals surface area contributed by atoms with Crippen molar-refractivity contribution in [2.45, 2.75) is 0 Å². The lowest BCUT2D eigenvalue weighted by atomic mass is 10.0. The van der Waals surface area contributed by atoms with Gasteiger partial charge in [0.25, 0.3) is 0 Å². The molecule has 0 aliphatic carbocycles. The Kier molecular flexibility index (Phi) is 5.15. The summed E-state index contributed by atoms with van der Waals surface area (Å²) in [5, 5.41) is 3.85. The highest BCUT2D eigenvalue weighted by Gasteiger charge is 2.26. The number of benzene rings is 6. The van der Waals surface area contributed by atoms with E-state index < -0.39 is 0 Å². The fraction of sp³-hybridized carbons (Fsp3) is 0. The molecule has 0 spiro atoms. The second-order valence-corrected chi connectivity index (χ2v) is 11.3. The predicted octanol–water partition coefficient (Wildman–Crippen LogP) is 9.30. The summed E-state index contributed by atoms with van der Waals surface area (Å²) in [5.74, 6) is 1.67. The minimum Gasteiger partial charge on any atom is -0.454 e. The topological polar surface area (TPSA) is 82.5 Å². The molecule has 0 atom stereocenters. The zero-order valence-electron chi connectivity index (χ0n) is 24.3. The van der Waals surface area contributed by atoms with E-state index in [0.29, 0.717) is 23.2 Å². The molecule has 0 fully saturated rings. The summed E-state index contributed by atoms with van der Waals surface area (Å²) in [5.41, 5.74) is 8.36. The van der Waals surface area contributed by atoms with E-state index in [1.165, 1.54) is 0 Å². The molecule has 0 aliphatic heterocycles. The maximum absolute atomic E-state index is 6.75. The molecule has 214 valence electrons. The van der Waals surface area contributed by atoms with Gasteiger partial charge in [-0.2, -0.15) is 9.97 Å². The number of hydrogen-bond donors (Lipinski definition) is 0. The molecule has 10 aromatic rings. The first-order chi connectivity index (χ1) is 22.8. The number of para-hydroxylation sites is 4. The Bertz CT molecular complexity index is 2750. The molecule has 0 saturated carbocycles. The smallest absolute Gasteiger partial charge is 0.238 e. The van der Waals surface area contributed by atoms with Gasteiger partial charge in [-0.1, -0.05) is 109 Å². The fourth-order valence-electron chi connectivity index (χ4n) is 6.60. The molecular weight excluding hydrogens is 568 g/mol. The zero-order chi connectivity index (χ0) is 30.2. The van der Waals surface area contributed by atoms with Crippen LogP contribution >= 0.6 is 0 Å². The number of nitrogens with zero attached hydrogens (tertiary/aromatic N) is 6. The fourth-order valence-corrected chi connectivity index (χ4v) is 6.60. The molecule has 6 aromatic carbocycles. The van der Waals surface area contributed by atoms with E-state index in [9.17, 15) is 0 Å². The van der Waals surface area contributed by atoms with Crippen LogP contribution in [0, 0.1) is 0 Å². The Morgan fingerprint density at radius 1 is 0.457 bits per heavy atom. The Morgan fingerprint density at radius 3 is 1.67 bits per heavy atom. The summed E-state index contributed by atoms with van der Waals surface area (Å²) in [6, 6.07) is 44.4. The highest BCUT2D eigenvalue weighted by molar-refractivity contribution is 6.33. The van der Waals surface area contributed by atoms with Crippen molar-refractivity contribution in [1.29, 1.82) is 0 Å². The van der Waals surface area contributed by atoms with Crippen LogP contribution in [0.25, 0.3) is 94.5 Å². The third-order valence-electron chi connectivity index (χ3n) is 8.62. The molecule has 0 unspecified atom stereocenters. The molecular formula is C39H22N6O. The highest BCUT2D eigenvalue weighted by atomic mass is 16.3. The van der Waals surface area contributed by atoms with E-state index in [1.807, 2.05) is 115 Å². The lowest BCUT2D eigenvalue weighted by molar-refractivity contribution is 0.671. The van der Waals surface area contributed by atoms with Gasteiger partial charge in [-0.3, -0.25) is 4.57 Å². The van der Waals surface area contributed by atoms with E-state index in [2.05, 4.69) is 22.8 Å². The lowest BCUT2D eigenvalue weighted by Gasteiger charge is -2.11. The molecule has 7 heteroatoms. The maximum atomic E-state index is 6.75. The van der Waals surface area contributed by atoms with Gasteiger partial charge in [-0.05, 0) is 24.3 Å². The lowest BCUT2D eigenvalue weighted by Crippen LogP contribution is -2.06. The number of rotatable bonds is 3. The van der Waals surface area contributed by atoms with Crippen molar-refractivity contribution in [3.05, 3.63) is 133 Å². The van der Waals surface area contributed by atoms with E-state index in [4.69, 9.17) is 29.3 Å². The SMILES string of the molecule is c1ccc(-c2nc(-c3ccccc3)nc(-n3c4ccccc4c4c5nc6ccccc6nc5c5c6ccccc6oc5c43)n2)cc1. The average Bonchev–Trinajstić information content (AvgIpc) is 3.69. The molecule has 46 heavy (non-hydrogen) atoms. The predicted molar refractivity (Wildman–Crippen MR) is 183 cm³/mol. The van der Waals surface area contributed by atoms with Crippen LogP contribution in [0.4, 0.5) is 0 Å². The first-order valence-corrected chi connectivity index (χ1v) is 15.1. The van der Waals surface area contributed by atoms with Crippen LogP contribution < -0.4 is 0 Å². The van der Waals surface area contributed by atoms with E-state index >= 15 is 0 Å². The van der Waals surface area contributed by atoms with Gasteiger partial charge < -0.3 is 4.42 Å². The highest BCUT2D eigenvalue weighted by Crippen LogP contribution is 2.44. The molecule has 4 heterocycles. The van der Waals surface area contributed by atoms with Gasteiger partial charge in [0.2, 0.25) is 5.95 Å². The van der Waals surface area contributed by atoms with Crippen molar-refractivity contribution in [2.24, 2.45) is 0 Å². The molecule has 0 bridgehead atoms. The maximum Gasteiger partial charge on any atom is 0.238 e. The van der Waals surface area contributed by atoms with Crippen LogP contribution in [0.15, 0.2) is 138 Å². The summed E-state index contributed by atoms with van der Waals surface area (Å²) in [7, 11) is 0. The number of fused-ring (bicyclic) bond motifs is 11. The largest absolute Gasteiger partial charge is 0.454 e. The van der Waals surface area contributed by atoms with Crippen molar-refractivity contribution in [2.75, 3.05) is 0 Å². The van der Waals surface area contributed by atoms with Gasteiger partial charge in [0.1, 0.15) is 22.1 Å². The average molecular weight is 591 g/mol. The van der Waals surface area contributed by atoms with Crippen LogP contribution in [0.1, 0.15) is 0 Å². The summed E-state index contributed by atoms with van der Waals surface area (Å²) < 4.78 is 8.85. The normalized spacial score (nSPS) is 11.9. The van der Waals surface area contributed by atoms with Gasteiger partial charge in [-0.15, -0.1) is 0 Å². The minimum atomic E-state index is 0.494. The zero-order valence-corrected chi connectivity index (χ0v) is 24.3. The third-order valence-corrected chi connectivity index (χ3v) is 8.62. The summed E-state index contributed by atoms with van der Waals surface area (Å²) in [6.45, 7) is 0. The van der Waals surface area contributed by atoms with E-state index in [-0.39, 0.29) is 0 Å². The molecule has 0 aliphatic rings. The van der Waals surface area contributed by atoms with E-state index in [0.717, 1.165) is 71.4 Å². The minimum absolute atomic E-state index is 0.494. The molecule has 4 aromatic heterocycles. The second-order valence-electron chi connectivity index (χ2n) is 11.3. The van der Waals surface area contributed by atoms with Gasteiger partial charge in [-0.25, -0.2) is 15.0 Å². The molecule has 7 nitrogen and oxygen atoms in total. The summed E-state index contributed by atoms with van der Waals surface area (Å²) in [6.07, 6.45) is 0. The van der Waals surface area contributed by atoms with E-state index in [1.54, 1.807) is 0 Å². The third kappa shape index (κ3) is 3.56. The number of furan rings is 1. The van der Waals surface area contributed by atoms with Gasteiger partial charge in [0.15, 0.2) is 17.2 Å². The quantitative estimate of drug-likeness (QED) is 0.191. The summed E-state index contributed by atoms with van der Waals surface area (Å²) in [4.78, 5) is 25.7. The molecule has 10 rings (SSSR count). The van der Waals surface area contributed by atoms with Crippen LogP contribution in [-0.4, -0.2) is 29.5 Å². The van der Waals surface area contributed by atoms with Crippen LogP contribution in [0.3, 0.4) is 0 Å². The van der Waals surface area contributed by atoms with Gasteiger partial charge >= 0.3 is 0 Å². The van der Waals surface area contributed by atoms with Crippen molar-refractivity contribution in [3.8, 4) is 28.7 Å². The Balaban J connectivity index is 1.43. The standard InChI is InChI=1S/C39H22N6O/c1-3-13-23(14-4-1)37-42-38(24-15-5-2-6-16-24)44-39(43-37)45-29-21-11-7-17-25(29)31-33-34(41-28-20-10-9-19-27(28)40-33)32-26-18-8-12-22-30(26)46-36(32)35(31)45/h1-22H. The summed E-state index contributed by atoms with van der Waals surface area (Å²) >= 11 is 0. The number of aromatic nitrogens is 6. The Labute approximate surface area is 261 Å².